The molecular weight excluding hydrogens is 438 g/mol. The second kappa shape index (κ2) is 9.50. The van der Waals surface area contributed by atoms with Crippen molar-refractivity contribution in [2.24, 2.45) is 0 Å². The van der Waals surface area contributed by atoms with Crippen molar-refractivity contribution in [3.8, 4) is 0 Å². The molecule has 8 nitrogen and oxygen atoms in total. The number of piperazine rings is 1. The first-order chi connectivity index (χ1) is 15.0. The van der Waals surface area contributed by atoms with E-state index in [1.54, 1.807) is 23.4 Å². The van der Waals surface area contributed by atoms with Crippen molar-refractivity contribution in [1.82, 2.24) is 19.2 Å². The molecule has 1 amide bonds. The Balaban J connectivity index is 1.50. The molecule has 0 N–H and O–H groups in total. The van der Waals surface area contributed by atoms with Crippen molar-refractivity contribution in [2.45, 2.75) is 30.6 Å². The van der Waals surface area contributed by atoms with Gasteiger partial charge in [0.05, 0.1) is 15.5 Å². The third-order valence-electron chi connectivity index (χ3n) is 5.77. The van der Waals surface area contributed by atoms with E-state index in [0.29, 0.717) is 45.2 Å². The number of amides is 1. The van der Waals surface area contributed by atoms with E-state index in [1.165, 1.54) is 22.5 Å². The quantitative estimate of drug-likeness (QED) is 0.692. The van der Waals surface area contributed by atoms with Crippen LogP contribution in [0.15, 0.2) is 41.6 Å². The van der Waals surface area contributed by atoms with Crippen molar-refractivity contribution >= 4 is 33.5 Å². The molecule has 4 rings (SSSR count). The molecule has 31 heavy (non-hydrogen) atoms. The minimum atomic E-state index is -3.65. The van der Waals surface area contributed by atoms with Gasteiger partial charge in [-0.15, -0.1) is 0 Å². The minimum Gasteiger partial charge on any atom is -0.337 e. The van der Waals surface area contributed by atoms with Crippen LogP contribution in [-0.4, -0.2) is 72.8 Å². The van der Waals surface area contributed by atoms with E-state index < -0.39 is 10.0 Å². The molecule has 1 aromatic heterocycles. The Kier molecular flexibility index (Phi) is 6.74. The molecule has 0 saturated carbocycles. The average molecular weight is 464 g/mol. The van der Waals surface area contributed by atoms with E-state index >= 15 is 0 Å². The van der Waals surface area contributed by atoms with Crippen LogP contribution in [0.4, 0.5) is 5.95 Å². The molecule has 0 aliphatic carbocycles. The number of carbonyl (C=O) groups is 1. The number of rotatable bonds is 4. The highest BCUT2D eigenvalue weighted by molar-refractivity contribution is 7.89. The smallest absolute Gasteiger partial charge is 0.255 e. The zero-order valence-electron chi connectivity index (χ0n) is 17.3. The van der Waals surface area contributed by atoms with Gasteiger partial charge >= 0.3 is 0 Å². The van der Waals surface area contributed by atoms with Crippen LogP contribution in [0, 0.1) is 0 Å². The summed E-state index contributed by atoms with van der Waals surface area (Å²) in [6.07, 6.45) is 7.17. The van der Waals surface area contributed by atoms with Gasteiger partial charge in [0.25, 0.3) is 5.91 Å². The van der Waals surface area contributed by atoms with E-state index in [-0.39, 0.29) is 21.4 Å². The Morgan fingerprint density at radius 1 is 0.903 bits per heavy atom. The van der Waals surface area contributed by atoms with Crippen LogP contribution in [-0.2, 0) is 10.0 Å². The Morgan fingerprint density at radius 3 is 2.19 bits per heavy atom. The van der Waals surface area contributed by atoms with Crippen LogP contribution < -0.4 is 4.90 Å². The topological polar surface area (TPSA) is 86.7 Å². The van der Waals surface area contributed by atoms with Crippen molar-refractivity contribution in [1.29, 1.82) is 0 Å². The summed E-state index contributed by atoms with van der Waals surface area (Å²) >= 11 is 6.31. The van der Waals surface area contributed by atoms with Gasteiger partial charge in [-0.1, -0.05) is 24.4 Å². The monoisotopic (exact) mass is 463 g/mol. The lowest BCUT2D eigenvalue weighted by atomic mass is 10.2. The number of halogens is 1. The van der Waals surface area contributed by atoms with Gasteiger partial charge in [0.1, 0.15) is 0 Å². The predicted molar refractivity (Wildman–Crippen MR) is 119 cm³/mol. The maximum absolute atomic E-state index is 13.2. The summed E-state index contributed by atoms with van der Waals surface area (Å²) in [6, 6.07) is 6.19. The zero-order valence-corrected chi connectivity index (χ0v) is 18.9. The van der Waals surface area contributed by atoms with Gasteiger partial charge in [-0.25, -0.2) is 18.4 Å². The van der Waals surface area contributed by atoms with Gasteiger partial charge in [-0.2, -0.15) is 4.31 Å². The highest BCUT2D eigenvalue weighted by Gasteiger charge is 2.29. The molecule has 2 aromatic rings. The molecule has 1 aromatic carbocycles. The lowest BCUT2D eigenvalue weighted by Gasteiger charge is -2.34. The Bertz CT molecular complexity index is 1020. The number of hydrogen-bond acceptors (Lipinski definition) is 6. The Hall–Kier alpha value is -2.23. The van der Waals surface area contributed by atoms with Crippen molar-refractivity contribution in [2.75, 3.05) is 44.2 Å². The fraction of sp³-hybridized carbons (Fsp3) is 0.476. The molecule has 0 spiro atoms. The zero-order chi connectivity index (χ0) is 21.8. The van der Waals surface area contributed by atoms with Crippen molar-refractivity contribution in [3.63, 3.8) is 0 Å². The van der Waals surface area contributed by atoms with Crippen LogP contribution in [0.3, 0.4) is 0 Å². The van der Waals surface area contributed by atoms with Crippen LogP contribution >= 0.6 is 11.6 Å². The number of anilines is 1. The molecule has 0 radical (unpaired) electrons. The number of aromatic nitrogens is 2. The Labute approximate surface area is 187 Å². The molecule has 2 fully saturated rings. The maximum atomic E-state index is 13.2. The molecule has 0 bridgehead atoms. The fourth-order valence-corrected chi connectivity index (χ4v) is 5.74. The summed E-state index contributed by atoms with van der Waals surface area (Å²) in [6.45, 7) is 3.18. The summed E-state index contributed by atoms with van der Waals surface area (Å²) in [5.41, 5.74) is 0.224. The van der Waals surface area contributed by atoms with Gasteiger partial charge in [-0.3, -0.25) is 4.79 Å². The SMILES string of the molecule is O=C(c1cc(S(=O)(=O)N2CCCCCC2)ccc1Cl)N1CCN(c2ncccn2)CC1. The van der Waals surface area contributed by atoms with E-state index in [0.717, 1.165) is 25.7 Å². The van der Waals surface area contributed by atoms with Gasteiger partial charge in [-0.05, 0) is 37.1 Å². The third-order valence-corrected chi connectivity index (χ3v) is 8.00. The molecule has 0 atom stereocenters. The van der Waals surface area contributed by atoms with Crippen LogP contribution in [0.2, 0.25) is 5.02 Å². The van der Waals surface area contributed by atoms with E-state index in [2.05, 4.69) is 9.97 Å². The van der Waals surface area contributed by atoms with Crippen LogP contribution in [0.5, 0.6) is 0 Å². The molecule has 2 saturated heterocycles. The van der Waals surface area contributed by atoms with Crippen molar-refractivity contribution in [3.05, 3.63) is 47.2 Å². The van der Waals surface area contributed by atoms with Crippen LogP contribution in [0.1, 0.15) is 36.0 Å². The molecular formula is C21H26ClN5O3S. The van der Waals surface area contributed by atoms with Crippen molar-refractivity contribution < 1.29 is 13.2 Å². The van der Waals surface area contributed by atoms with Gasteiger partial charge in [0, 0.05) is 51.7 Å². The molecule has 10 heteroatoms. The molecule has 2 aliphatic heterocycles. The standard InChI is InChI=1S/C21H26ClN5O3S/c22-19-7-6-17(31(29,30)27-10-3-1-2-4-11-27)16-18(19)20(28)25-12-14-26(15-13-25)21-23-8-5-9-24-21/h5-9,16H,1-4,10-15H2. The molecule has 3 heterocycles. The van der Waals surface area contributed by atoms with Gasteiger partial charge in [0.15, 0.2) is 0 Å². The maximum Gasteiger partial charge on any atom is 0.255 e. The summed E-state index contributed by atoms with van der Waals surface area (Å²) in [5, 5.41) is 0.258. The Morgan fingerprint density at radius 2 is 1.55 bits per heavy atom. The molecule has 166 valence electrons. The second-order valence-corrected chi connectivity index (χ2v) is 10.1. The van der Waals surface area contributed by atoms with E-state index in [1.807, 2.05) is 4.90 Å². The van der Waals surface area contributed by atoms with E-state index in [9.17, 15) is 13.2 Å². The number of hydrogen-bond donors (Lipinski definition) is 0. The summed E-state index contributed by atoms with van der Waals surface area (Å²) < 4.78 is 27.8. The second-order valence-electron chi connectivity index (χ2n) is 7.79. The number of sulfonamides is 1. The summed E-state index contributed by atoms with van der Waals surface area (Å²) in [7, 11) is -3.65. The number of carbonyl (C=O) groups excluding carboxylic acids is 1. The van der Waals surface area contributed by atoms with Gasteiger partial charge < -0.3 is 9.80 Å². The first-order valence-corrected chi connectivity index (χ1v) is 12.4. The third kappa shape index (κ3) is 4.83. The predicted octanol–water partition coefficient (Wildman–Crippen LogP) is 2.66. The first-order valence-electron chi connectivity index (χ1n) is 10.6. The minimum absolute atomic E-state index is 0.124. The number of nitrogens with zero attached hydrogens (tertiary/aromatic N) is 5. The molecule has 2 aliphatic rings. The average Bonchev–Trinajstić information content (AvgIpc) is 3.10. The fourth-order valence-electron chi connectivity index (χ4n) is 3.99. The van der Waals surface area contributed by atoms with Crippen LogP contribution in [0.25, 0.3) is 0 Å². The highest BCUT2D eigenvalue weighted by atomic mass is 35.5. The summed E-state index contributed by atoms with van der Waals surface area (Å²) in [4.78, 5) is 25.5. The highest BCUT2D eigenvalue weighted by Crippen LogP contribution is 2.26. The summed E-state index contributed by atoms with van der Waals surface area (Å²) in [5.74, 6) is 0.379. The molecule has 0 unspecified atom stereocenters. The lowest BCUT2D eigenvalue weighted by molar-refractivity contribution is 0.0746. The largest absolute Gasteiger partial charge is 0.337 e. The first kappa shape index (κ1) is 22.0. The van der Waals surface area contributed by atoms with Gasteiger partial charge in [0.2, 0.25) is 16.0 Å². The van der Waals surface area contributed by atoms with E-state index in [4.69, 9.17) is 11.6 Å². The number of benzene rings is 1. The normalized spacial score (nSPS) is 18.6. The lowest BCUT2D eigenvalue weighted by Crippen LogP contribution is -2.49.